The van der Waals surface area contributed by atoms with Gasteiger partial charge in [-0.3, -0.25) is 14.6 Å². The SMILES string of the molecule is CC(=O)c1cn(CC(=O)OC(C)(C)C)c2ccc(Nc3cnccn3)cc12. The Bertz CT molecular complexity index is 988. The summed E-state index contributed by atoms with van der Waals surface area (Å²) in [6, 6.07) is 5.60. The van der Waals surface area contributed by atoms with Crippen LogP contribution in [0, 0.1) is 0 Å². The molecule has 3 aromatic rings. The molecule has 27 heavy (non-hydrogen) atoms. The third-order valence-electron chi connectivity index (χ3n) is 3.82. The van der Waals surface area contributed by atoms with E-state index in [1.807, 2.05) is 39.0 Å². The Morgan fingerprint density at radius 3 is 2.63 bits per heavy atom. The first kappa shape index (κ1) is 18.6. The molecular weight excluding hydrogens is 344 g/mol. The number of ether oxygens (including phenoxy) is 1. The zero-order chi connectivity index (χ0) is 19.6. The topological polar surface area (TPSA) is 86.1 Å². The number of aromatic nitrogens is 3. The molecule has 0 atom stereocenters. The molecule has 2 aromatic heterocycles. The first-order chi connectivity index (χ1) is 12.7. The van der Waals surface area contributed by atoms with Gasteiger partial charge < -0.3 is 14.6 Å². The van der Waals surface area contributed by atoms with Crippen LogP contribution in [0.2, 0.25) is 0 Å². The fourth-order valence-corrected chi connectivity index (χ4v) is 2.81. The van der Waals surface area contributed by atoms with Gasteiger partial charge in [-0.1, -0.05) is 0 Å². The molecule has 0 amide bonds. The highest BCUT2D eigenvalue weighted by molar-refractivity contribution is 6.08. The summed E-state index contributed by atoms with van der Waals surface area (Å²) in [5.74, 6) is 0.185. The number of hydrogen-bond acceptors (Lipinski definition) is 6. The number of fused-ring (bicyclic) bond motifs is 1. The predicted molar refractivity (Wildman–Crippen MR) is 103 cm³/mol. The van der Waals surface area contributed by atoms with Gasteiger partial charge in [-0.2, -0.15) is 0 Å². The van der Waals surface area contributed by atoms with Crippen molar-refractivity contribution in [3.05, 3.63) is 48.5 Å². The molecule has 0 fully saturated rings. The Hall–Kier alpha value is -3.22. The molecule has 0 radical (unpaired) electrons. The Morgan fingerprint density at radius 2 is 2.00 bits per heavy atom. The maximum Gasteiger partial charge on any atom is 0.326 e. The van der Waals surface area contributed by atoms with Gasteiger partial charge in [0.1, 0.15) is 18.0 Å². The standard InChI is InChI=1S/C20H22N4O3/c1-13(25)16-11-24(12-19(26)27-20(2,3)4)17-6-5-14(9-15(16)17)23-18-10-21-7-8-22-18/h5-11H,12H2,1-4H3,(H,22,23). The minimum Gasteiger partial charge on any atom is -0.459 e. The normalized spacial score (nSPS) is 11.4. The fraction of sp³-hybridized carbons (Fsp3) is 0.300. The predicted octanol–water partition coefficient (Wildman–Crippen LogP) is 3.72. The average Bonchev–Trinajstić information content (AvgIpc) is 2.92. The summed E-state index contributed by atoms with van der Waals surface area (Å²) in [5.41, 5.74) is 1.56. The van der Waals surface area contributed by atoms with Crippen LogP contribution in [-0.2, 0) is 16.1 Å². The van der Waals surface area contributed by atoms with E-state index in [9.17, 15) is 9.59 Å². The molecule has 0 aliphatic heterocycles. The molecule has 0 aliphatic carbocycles. The van der Waals surface area contributed by atoms with Gasteiger partial charge in [0.15, 0.2) is 5.78 Å². The minimum absolute atomic E-state index is 0.0397. The van der Waals surface area contributed by atoms with E-state index in [-0.39, 0.29) is 18.3 Å². The molecule has 0 saturated heterocycles. The van der Waals surface area contributed by atoms with Crippen LogP contribution in [0.3, 0.4) is 0 Å². The molecule has 7 nitrogen and oxygen atoms in total. The van der Waals surface area contributed by atoms with E-state index in [1.165, 1.54) is 6.92 Å². The molecule has 0 aliphatic rings. The second-order valence-corrected chi connectivity index (χ2v) is 7.26. The highest BCUT2D eigenvalue weighted by Crippen LogP contribution is 2.27. The summed E-state index contributed by atoms with van der Waals surface area (Å²) in [7, 11) is 0. The van der Waals surface area contributed by atoms with Crippen LogP contribution in [0.5, 0.6) is 0 Å². The number of carbonyl (C=O) groups excluding carboxylic acids is 2. The first-order valence-electron chi connectivity index (χ1n) is 8.62. The van der Waals surface area contributed by atoms with Gasteiger partial charge in [0, 0.05) is 40.7 Å². The maximum absolute atomic E-state index is 12.2. The third-order valence-corrected chi connectivity index (χ3v) is 3.82. The van der Waals surface area contributed by atoms with Gasteiger partial charge in [-0.25, -0.2) is 4.98 Å². The van der Waals surface area contributed by atoms with E-state index in [0.29, 0.717) is 11.4 Å². The van der Waals surface area contributed by atoms with Gasteiger partial charge in [-0.05, 0) is 45.9 Å². The maximum atomic E-state index is 12.2. The van der Waals surface area contributed by atoms with E-state index in [4.69, 9.17) is 4.74 Å². The number of nitrogens with zero attached hydrogens (tertiary/aromatic N) is 3. The van der Waals surface area contributed by atoms with Crippen molar-refractivity contribution in [3.8, 4) is 0 Å². The molecule has 1 aromatic carbocycles. The number of Topliss-reactive ketones (excluding diaryl/α,β-unsaturated/α-hetero) is 1. The quantitative estimate of drug-likeness (QED) is 0.547. The number of benzene rings is 1. The Balaban J connectivity index is 1.95. The summed E-state index contributed by atoms with van der Waals surface area (Å²) in [4.78, 5) is 32.5. The van der Waals surface area contributed by atoms with Crippen molar-refractivity contribution in [2.45, 2.75) is 39.8 Å². The van der Waals surface area contributed by atoms with Gasteiger partial charge in [0.05, 0.1) is 6.20 Å². The molecular formula is C20H22N4O3. The van der Waals surface area contributed by atoms with Crippen molar-refractivity contribution in [3.63, 3.8) is 0 Å². The summed E-state index contributed by atoms with van der Waals surface area (Å²) in [6.45, 7) is 7.02. The molecule has 0 bridgehead atoms. The van der Waals surface area contributed by atoms with Crippen LogP contribution in [0.1, 0.15) is 38.1 Å². The average molecular weight is 366 g/mol. The van der Waals surface area contributed by atoms with Crippen LogP contribution < -0.4 is 5.32 Å². The zero-order valence-corrected chi connectivity index (χ0v) is 15.8. The Labute approximate surface area is 157 Å². The van der Waals surface area contributed by atoms with Gasteiger partial charge in [-0.15, -0.1) is 0 Å². The lowest BCUT2D eigenvalue weighted by Gasteiger charge is -2.19. The van der Waals surface area contributed by atoms with Crippen molar-refractivity contribution < 1.29 is 14.3 Å². The highest BCUT2D eigenvalue weighted by Gasteiger charge is 2.19. The van der Waals surface area contributed by atoms with Crippen molar-refractivity contribution >= 4 is 34.2 Å². The number of carbonyl (C=O) groups is 2. The molecule has 7 heteroatoms. The molecule has 2 heterocycles. The van der Waals surface area contributed by atoms with Crippen molar-refractivity contribution in [1.29, 1.82) is 0 Å². The summed E-state index contributed by atoms with van der Waals surface area (Å²) in [5, 5.41) is 3.92. The smallest absolute Gasteiger partial charge is 0.326 e. The zero-order valence-electron chi connectivity index (χ0n) is 15.8. The molecule has 140 valence electrons. The molecule has 0 unspecified atom stereocenters. The number of nitrogens with one attached hydrogen (secondary N) is 1. The largest absolute Gasteiger partial charge is 0.459 e. The number of hydrogen-bond donors (Lipinski definition) is 1. The van der Waals surface area contributed by atoms with E-state index in [1.54, 1.807) is 29.4 Å². The van der Waals surface area contributed by atoms with Crippen molar-refractivity contribution in [1.82, 2.24) is 14.5 Å². The number of ketones is 1. The van der Waals surface area contributed by atoms with Gasteiger partial charge >= 0.3 is 5.97 Å². The van der Waals surface area contributed by atoms with Gasteiger partial charge in [0.2, 0.25) is 0 Å². The second-order valence-electron chi connectivity index (χ2n) is 7.26. The lowest BCUT2D eigenvalue weighted by atomic mass is 10.1. The Morgan fingerprint density at radius 1 is 1.22 bits per heavy atom. The third kappa shape index (κ3) is 4.49. The summed E-state index contributed by atoms with van der Waals surface area (Å²) in [6.07, 6.45) is 6.50. The van der Waals surface area contributed by atoms with E-state index in [0.717, 1.165) is 16.6 Å². The van der Waals surface area contributed by atoms with Crippen LogP contribution in [0.4, 0.5) is 11.5 Å². The highest BCUT2D eigenvalue weighted by atomic mass is 16.6. The van der Waals surface area contributed by atoms with Crippen LogP contribution in [0.25, 0.3) is 10.9 Å². The van der Waals surface area contributed by atoms with Crippen molar-refractivity contribution in [2.75, 3.05) is 5.32 Å². The lowest BCUT2D eigenvalue weighted by Crippen LogP contribution is -2.26. The molecule has 0 spiro atoms. The molecule has 1 N–H and O–H groups in total. The van der Waals surface area contributed by atoms with E-state index < -0.39 is 5.60 Å². The molecule has 0 saturated carbocycles. The van der Waals surface area contributed by atoms with E-state index in [2.05, 4.69) is 15.3 Å². The number of rotatable bonds is 5. The second kappa shape index (κ2) is 7.19. The van der Waals surface area contributed by atoms with Crippen LogP contribution >= 0.6 is 0 Å². The monoisotopic (exact) mass is 366 g/mol. The van der Waals surface area contributed by atoms with Crippen LogP contribution in [-0.4, -0.2) is 31.9 Å². The number of anilines is 2. The number of esters is 1. The van der Waals surface area contributed by atoms with Crippen LogP contribution in [0.15, 0.2) is 43.0 Å². The van der Waals surface area contributed by atoms with Gasteiger partial charge in [0.25, 0.3) is 0 Å². The Kier molecular flexibility index (Phi) is 4.94. The summed E-state index contributed by atoms with van der Waals surface area (Å²) < 4.78 is 7.13. The minimum atomic E-state index is -0.558. The fourth-order valence-electron chi connectivity index (χ4n) is 2.81. The molecule has 3 rings (SSSR count). The van der Waals surface area contributed by atoms with Crippen molar-refractivity contribution in [2.24, 2.45) is 0 Å². The first-order valence-corrected chi connectivity index (χ1v) is 8.62. The summed E-state index contributed by atoms with van der Waals surface area (Å²) >= 11 is 0. The lowest BCUT2D eigenvalue weighted by molar-refractivity contribution is -0.155. The van der Waals surface area contributed by atoms with E-state index >= 15 is 0 Å².